The molecule has 0 saturated carbocycles. The number of piperidine rings is 1. The molecule has 2 aromatic rings. The van der Waals surface area contributed by atoms with Crippen molar-refractivity contribution in [2.24, 2.45) is 5.92 Å². The highest BCUT2D eigenvalue weighted by Gasteiger charge is 2.35. The number of carbonyl (C=O) groups excluding carboxylic acids is 1. The Kier molecular flexibility index (Phi) is 6.55. The molecule has 1 fully saturated rings. The highest BCUT2D eigenvalue weighted by Crippen LogP contribution is 2.31. The molecule has 1 atom stereocenters. The molecule has 0 spiro atoms. The van der Waals surface area contributed by atoms with E-state index in [1.807, 2.05) is 0 Å². The number of halogens is 3. The first-order valence-electron chi connectivity index (χ1n) is 8.82. The van der Waals surface area contributed by atoms with E-state index < -0.39 is 33.5 Å². The van der Waals surface area contributed by atoms with E-state index in [4.69, 9.17) is 4.74 Å². The SMILES string of the molecule is COc1ccc(F)cc1S(=O)(=O)N1CCC[C@H](C(=O)Nc2ccc(Br)cc2F)C1. The number of benzene rings is 2. The van der Waals surface area contributed by atoms with Gasteiger partial charge < -0.3 is 10.1 Å². The zero-order valence-corrected chi connectivity index (χ0v) is 17.9. The van der Waals surface area contributed by atoms with Gasteiger partial charge in [0.25, 0.3) is 0 Å². The van der Waals surface area contributed by atoms with Gasteiger partial charge in [-0.3, -0.25) is 4.79 Å². The van der Waals surface area contributed by atoms with Gasteiger partial charge in [0, 0.05) is 17.6 Å². The van der Waals surface area contributed by atoms with Crippen molar-refractivity contribution in [1.29, 1.82) is 0 Å². The Morgan fingerprint density at radius 3 is 2.69 bits per heavy atom. The smallest absolute Gasteiger partial charge is 0.246 e. The molecule has 29 heavy (non-hydrogen) atoms. The number of hydrogen-bond acceptors (Lipinski definition) is 4. The Hall–Kier alpha value is -2.04. The van der Waals surface area contributed by atoms with Crippen LogP contribution in [0.5, 0.6) is 5.75 Å². The fourth-order valence-corrected chi connectivity index (χ4v) is 5.22. The molecule has 1 amide bonds. The Morgan fingerprint density at radius 2 is 2.00 bits per heavy atom. The average molecular weight is 489 g/mol. The van der Waals surface area contributed by atoms with E-state index in [-0.39, 0.29) is 29.4 Å². The Bertz CT molecular complexity index is 1030. The number of carbonyl (C=O) groups is 1. The summed E-state index contributed by atoms with van der Waals surface area (Å²) in [5.41, 5.74) is 0.0185. The summed E-state index contributed by atoms with van der Waals surface area (Å²) < 4.78 is 60.4. The molecular formula is C19H19BrF2N2O4S. The monoisotopic (exact) mass is 488 g/mol. The molecular weight excluding hydrogens is 470 g/mol. The van der Waals surface area contributed by atoms with Crippen LogP contribution in [0.1, 0.15) is 12.8 Å². The van der Waals surface area contributed by atoms with Crippen molar-refractivity contribution in [3.05, 3.63) is 52.5 Å². The molecule has 156 valence electrons. The Balaban J connectivity index is 1.79. The fraction of sp³-hybridized carbons (Fsp3) is 0.316. The molecule has 1 saturated heterocycles. The van der Waals surface area contributed by atoms with Crippen LogP contribution in [0.25, 0.3) is 0 Å². The van der Waals surface area contributed by atoms with Crippen molar-refractivity contribution < 1.29 is 26.7 Å². The predicted octanol–water partition coefficient (Wildman–Crippen LogP) is 3.78. The van der Waals surface area contributed by atoms with Crippen molar-refractivity contribution in [3.63, 3.8) is 0 Å². The van der Waals surface area contributed by atoms with E-state index >= 15 is 0 Å². The van der Waals surface area contributed by atoms with Crippen molar-refractivity contribution in [2.45, 2.75) is 17.7 Å². The van der Waals surface area contributed by atoms with Gasteiger partial charge in [0.1, 0.15) is 22.3 Å². The third-order valence-corrected chi connectivity index (χ3v) is 7.07. The number of amides is 1. The number of ether oxygens (including phenoxy) is 1. The lowest BCUT2D eigenvalue weighted by Crippen LogP contribution is -2.43. The predicted molar refractivity (Wildman–Crippen MR) is 107 cm³/mol. The number of rotatable bonds is 5. The average Bonchev–Trinajstić information content (AvgIpc) is 2.70. The van der Waals surface area contributed by atoms with E-state index in [1.165, 1.54) is 25.3 Å². The third kappa shape index (κ3) is 4.76. The maximum Gasteiger partial charge on any atom is 0.246 e. The molecule has 0 aromatic heterocycles. The highest BCUT2D eigenvalue weighted by molar-refractivity contribution is 9.10. The minimum absolute atomic E-state index is 0.0185. The molecule has 2 aromatic carbocycles. The minimum atomic E-state index is -4.07. The molecule has 1 aliphatic heterocycles. The lowest BCUT2D eigenvalue weighted by atomic mass is 9.98. The van der Waals surface area contributed by atoms with Crippen LogP contribution in [0, 0.1) is 17.6 Å². The standard InChI is InChI=1S/C19H19BrF2N2O4S/c1-28-17-7-5-14(21)10-18(17)29(26,27)24-8-2-3-12(11-24)19(25)23-16-6-4-13(20)9-15(16)22/h4-7,9-10,12H,2-3,8,11H2,1H3,(H,23,25)/t12-/m0/s1. The van der Waals surface area contributed by atoms with Gasteiger partial charge in [-0.25, -0.2) is 17.2 Å². The second kappa shape index (κ2) is 8.76. The molecule has 1 aliphatic rings. The Labute approximate surface area is 176 Å². The van der Waals surface area contributed by atoms with Crippen molar-refractivity contribution in [3.8, 4) is 5.75 Å². The van der Waals surface area contributed by atoms with Crippen LogP contribution in [0.15, 0.2) is 45.8 Å². The van der Waals surface area contributed by atoms with Crippen LogP contribution >= 0.6 is 15.9 Å². The summed E-state index contributed by atoms with van der Waals surface area (Å²) in [6.45, 7) is 0.102. The summed E-state index contributed by atoms with van der Waals surface area (Å²) in [6, 6.07) is 7.49. The summed E-state index contributed by atoms with van der Waals surface area (Å²) in [5.74, 6) is -2.42. The number of sulfonamides is 1. The van der Waals surface area contributed by atoms with Gasteiger partial charge in [0.2, 0.25) is 15.9 Å². The third-order valence-electron chi connectivity index (χ3n) is 4.69. The van der Waals surface area contributed by atoms with Crippen LogP contribution in [-0.4, -0.2) is 38.8 Å². The minimum Gasteiger partial charge on any atom is -0.495 e. The first-order chi connectivity index (χ1) is 13.7. The largest absolute Gasteiger partial charge is 0.495 e. The molecule has 6 nitrogen and oxygen atoms in total. The van der Waals surface area contributed by atoms with Gasteiger partial charge in [0.15, 0.2) is 0 Å². The van der Waals surface area contributed by atoms with Crippen molar-refractivity contribution in [2.75, 3.05) is 25.5 Å². The van der Waals surface area contributed by atoms with Crippen LogP contribution < -0.4 is 10.1 Å². The summed E-state index contributed by atoms with van der Waals surface area (Å²) >= 11 is 3.14. The van der Waals surface area contributed by atoms with Gasteiger partial charge in [-0.15, -0.1) is 0 Å². The van der Waals surface area contributed by atoms with Crippen molar-refractivity contribution >= 4 is 37.5 Å². The molecule has 1 N–H and O–H groups in total. The van der Waals surface area contributed by atoms with E-state index in [0.717, 1.165) is 16.4 Å². The molecule has 1 heterocycles. The molecule has 10 heteroatoms. The van der Waals surface area contributed by atoms with Crippen LogP contribution in [0.2, 0.25) is 0 Å². The van der Waals surface area contributed by atoms with Gasteiger partial charge in [-0.2, -0.15) is 4.31 Å². The van der Waals surface area contributed by atoms with Crippen molar-refractivity contribution in [1.82, 2.24) is 4.31 Å². The molecule has 3 rings (SSSR count). The molecule has 0 aliphatic carbocycles. The van der Waals surface area contributed by atoms with Gasteiger partial charge >= 0.3 is 0 Å². The number of nitrogens with zero attached hydrogens (tertiary/aromatic N) is 1. The fourth-order valence-electron chi connectivity index (χ4n) is 3.19. The van der Waals surface area contributed by atoms with Gasteiger partial charge in [-0.1, -0.05) is 15.9 Å². The van der Waals surface area contributed by atoms with Gasteiger partial charge in [-0.05, 0) is 49.2 Å². The van der Waals surface area contributed by atoms with E-state index in [0.29, 0.717) is 17.3 Å². The van der Waals surface area contributed by atoms with Crippen LogP contribution in [-0.2, 0) is 14.8 Å². The lowest BCUT2D eigenvalue weighted by Gasteiger charge is -2.31. The zero-order valence-electron chi connectivity index (χ0n) is 15.5. The van der Waals surface area contributed by atoms with E-state index in [2.05, 4.69) is 21.2 Å². The number of anilines is 1. The summed E-state index contributed by atoms with van der Waals surface area (Å²) in [6.07, 6.45) is 0.897. The Morgan fingerprint density at radius 1 is 1.24 bits per heavy atom. The molecule has 0 bridgehead atoms. The summed E-state index contributed by atoms with van der Waals surface area (Å²) in [4.78, 5) is 12.3. The van der Waals surface area contributed by atoms with Gasteiger partial charge in [0.05, 0.1) is 18.7 Å². The maximum absolute atomic E-state index is 14.0. The second-order valence-electron chi connectivity index (χ2n) is 6.61. The summed E-state index contributed by atoms with van der Waals surface area (Å²) in [5, 5.41) is 2.51. The topological polar surface area (TPSA) is 75.7 Å². The quantitative estimate of drug-likeness (QED) is 0.694. The lowest BCUT2D eigenvalue weighted by molar-refractivity contribution is -0.120. The summed E-state index contributed by atoms with van der Waals surface area (Å²) in [7, 11) is -2.78. The molecule has 0 radical (unpaired) electrons. The number of nitrogens with one attached hydrogen (secondary N) is 1. The van der Waals surface area contributed by atoms with Crippen LogP contribution in [0.3, 0.4) is 0 Å². The number of hydrogen-bond donors (Lipinski definition) is 1. The van der Waals surface area contributed by atoms with E-state index in [1.54, 1.807) is 6.07 Å². The second-order valence-corrected chi connectivity index (χ2v) is 9.43. The maximum atomic E-state index is 14.0. The number of methoxy groups -OCH3 is 1. The highest BCUT2D eigenvalue weighted by atomic mass is 79.9. The molecule has 0 unspecified atom stereocenters. The first kappa shape index (κ1) is 21.7. The first-order valence-corrected chi connectivity index (χ1v) is 11.1. The van der Waals surface area contributed by atoms with Crippen LogP contribution in [0.4, 0.5) is 14.5 Å². The van der Waals surface area contributed by atoms with E-state index in [9.17, 15) is 22.0 Å². The zero-order chi connectivity index (χ0) is 21.2. The normalized spacial score (nSPS) is 17.7.